The molecule has 2 aliphatic heterocycles. The quantitative estimate of drug-likeness (QED) is 0.846. The molecule has 140 valence electrons. The number of aliphatic carboxylic acids is 1. The van der Waals surface area contributed by atoms with Crippen LogP contribution in [0.15, 0.2) is 0 Å². The standard InChI is InChI=1S/C19H30N2O4/c1-12-5-7-15(8-6-12)21-11-14(10-17(21)22)18(23)20-9-3-4-16(13(20)2)19(24)25/h12-16H,3-11H2,1-2H3,(H,24,25)/t12?,13-,14?,15?,16-/m0/s1. The summed E-state index contributed by atoms with van der Waals surface area (Å²) in [5.74, 6) is -0.831. The van der Waals surface area contributed by atoms with Gasteiger partial charge in [-0.3, -0.25) is 14.4 Å². The molecule has 0 radical (unpaired) electrons. The number of carbonyl (C=O) groups excluding carboxylic acids is 2. The second-order valence-electron chi connectivity index (χ2n) is 8.22. The minimum Gasteiger partial charge on any atom is -0.481 e. The van der Waals surface area contributed by atoms with Crippen LogP contribution >= 0.6 is 0 Å². The number of carbonyl (C=O) groups is 3. The lowest BCUT2D eigenvalue weighted by Crippen LogP contribution is -2.51. The van der Waals surface area contributed by atoms with Crippen LogP contribution in [0.25, 0.3) is 0 Å². The Hall–Kier alpha value is -1.59. The topological polar surface area (TPSA) is 77.9 Å². The maximum absolute atomic E-state index is 13.0. The molecule has 0 aromatic heterocycles. The molecule has 3 fully saturated rings. The van der Waals surface area contributed by atoms with Gasteiger partial charge in [0.1, 0.15) is 0 Å². The van der Waals surface area contributed by atoms with E-state index in [0.717, 1.165) is 38.0 Å². The van der Waals surface area contributed by atoms with E-state index in [9.17, 15) is 19.5 Å². The Morgan fingerprint density at radius 2 is 1.76 bits per heavy atom. The summed E-state index contributed by atoms with van der Waals surface area (Å²) in [6.07, 6.45) is 6.00. The molecule has 1 N–H and O–H groups in total. The van der Waals surface area contributed by atoms with E-state index < -0.39 is 11.9 Å². The molecule has 6 heteroatoms. The van der Waals surface area contributed by atoms with Crippen LogP contribution in [-0.2, 0) is 14.4 Å². The van der Waals surface area contributed by atoms with Gasteiger partial charge in [0.15, 0.2) is 0 Å². The van der Waals surface area contributed by atoms with Crippen LogP contribution in [0, 0.1) is 17.8 Å². The van der Waals surface area contributed by atoms with Gasteiger partial charge in [0.05, 0.1) is 11.8 Å². The van der Waals surface area contributed by atoms with Crippen LogP contribution in [0.5, 0.6) is 0 Å². The molecule has 1 saturated carbocycles. The molecule has 25 heavy (non-hydrogen) atoms. The van der Waals surface area contributed by atoms with E-state index in [1.807, 2.05) is 11.8 Å². The van der Waals surface area contributed by atoms with Gasteiger partial charge >= 0.3 is 5.97 Å². The fourth-order valence-electron chi connectivity index (χ4n) is 4.82. The van der Waals surface area contributed by atoms with E-state index in [-0.39, 0.29) is 36.2 Å². The molecule has 2 saturated heterocycles. The van der Waals surface area contributed by atoms with Crippen molar-refractivity contribution in [2.45, 2.75) is 70.9 Å². The molecular formula is C19H30N2O4. The lowest BCUT2D eigenvalue weighted by Gasteiger charge is -2.39. The molecule has 1 aliphatic carbocycles. The Labute approximate surface area is 149 Å². The van der Waals surface area contributed by atoms with Crippen molar-refractivity contribution < 1.29 is 19.5 Å². The number of piperidine rings is 1. The van der Waals surface area contributed by atoms with Gasteiger partial charge in [0.25, 0.3) is 0 Å². The Balaban J connectivity index is 1.63. The van der Waals surface area contributed by atoms with Crippen LogP contribution < -0.4 is 0 Å². The molecule has 1 unspecified atom stereocenters. The van der Waals surface area contributed by atoms with Crippen LogP contribution in [0.2, 0.25) is 0 Å². The molecule has 0 spiro atoms. The normalized spacial score (nSPS) is 36.6. The van der Waals surface area contributed by atoms with Crippen molar-refractivity contribution in [2.24, 2.45) is 17.8 Å². The van der Waals surface area contributed by atoms with Crippen LogP contribution in [-0.4, -0.2) is 57.9 Å². The first kappa shape index (κ1) is 18.2. The Morgan fingerprint density at radius 3 is 2.40 bits per heavy atom. The molecule has 0 aromatic rings. The van der Waals surface area contributed by atoms with E-state index in [4.69, 9.17) is 0 Å². The van der Waals surface area contributed by atoms with Crippen LogP contribution in [0.4, 0.5) is 0 Å². The van der Waals surface area contributed by atoms with E-state index >= 15 is 0 Å². The van der Waals surface area contributed by atoms with Crippen molar-refractivity contribution in [2.75, 3.05) is 13.1 Å². The molecule has 0 aromatic carbocycles. The van der Waals surface area contributed by atoms with Crippen molar-refractivity contribution in [1.82, 2.24) is 9.80 Å². The minimum atomic E-state index is -0.828. The number of amides is 2. The van der Waals surface area contributed by atoms with Gasteiger partial charge in [0, 0.05) is 31.6 Å². The van der Waals surface area contributed by atoms with E-state index in [1.165, 1.54) is 0 Å². The summed E-state index contributed by atoms with van der Waals surface area (Å²) < 4.78 is 0. The fourth-order valence-corrected chi connectivity index (χ4v) is 4.82. The number of likely N-dealkylation sites (tertiary alicyclic amines) is 2. The van der Waals surface area contributed by atoms with Crippen LogP contribution in [0.1, 0.15) is 58.8 Å². The molecule has 3 rings (SSSR count). The average Bonchev–Trinajstić information content (AvgIpc) is 2.97. The molecule has 3 aliphatic rings. The van der Waals surface area contributed by atoms with Gasteiger partial charge in [-0.15, -0.1) is 0 Å². The highest BCUT2D eigenvalue weighted by Gasteiger charge is 2.43. The summed E-state index contributed by atoms with van der Waals surface area (Å²) in [6, 6.07) is -0.00882. The molecular weight excluding hydrogens is 320 g/mol. The third-order valence-electron chi connectivity index (χ3n) is 6.52. The summed E-state index contributed by atoms with van der Waals surface area (Å²) in [5.41, 5.74) is 0. The number of hydrogen-bond acceptors (Lipinski definition) is 3. The lowest BCUT2D eigenvalue weighted by molar-refractivity contribution is -0.150. The first-order chi connectivity index (χ1) is 11.9. The molecule has 3 atom stereocenters. The monoisotopic (exact) mass is 350 g/mol. The van der Waals surface area contributed by atoms with E-state index in [1.54, 1.807) is 4.90 Å². The highest BCUT2D eigenvalue weighted by molar-refractivity contribution is 5.90. The third-order valence-corrected chi connectivity index (χ3v) is 6.52. The zero-order chi connectivity index (χ0) is 18.1. The largest absolute Gasteiger partial charge is 0.481 e. The second-order valence-corrected chi connectivity index (χ2v) is 8.22. The maximum Gasteiger partial charge on any atom is 0.308 e. The zero-order valence-electron chi connectivity index (χ0n) is 15.3. The van der Waals surface area contributed by atoms with Crippen molar-refractivity contribution in [3.63, 3.8) is 0 Å². The average molecular weight is 350 g/mol. The van der Waals surface area contributed by atoms with Gasteiger partial charge in [-0.1, -0.05) is 6.92 Å². The number of carboxylic acid groups (broad SMARTS) is 1. The molecule has 6 nitrogen and oxygen atoms in total. The van der Waals surface area contributed by atoms with Gasteiger partial charge in [-0.2, -0.15) is 0 Å². The number of rotatable bonds is 3. The summed E-state index contributed by atoms with van der Waals surface area (Å²) in [5, 5.41) is 9.35. The SMILES string of the molecule is CC1CCC(N2CC(C(=O)N3CCC[C@H](C(=O)O)[C@@H]3C)CC2=O)CC1. The maximum atomic E-state index is 13.0. The predicted octanol–water partition coefficient (Wildman–Crippen LogP) is 2.13. The zero-order valence-corrected chi connectivity index (χ0v) is 15.3. The summed E-state index contributed by atoms with van der Waals surface area (Å²) >= 11 is 0. The summed E-state index contributed by atoms with van der Waals surface area (Å²) in [7, 11) is 0. The fraction of sp³-hybridized carbons (Fsp3) is 0.842. The van der Waals surface area contributed by atoms with Gasteiger partial charge < -0.3 is 14.9 Å². The third kappa shape index (κ3) is 3.67. The molecule has 2 amide bonds. The summed E-state index contributed by atoms with van der Waals surface area (Å²) in [6.45, 7) is 5.20. The van der Waals surface area contributed by atoms with Crippen molar-refractivity contribution >= 4 is 17.8 Å². The minimum absolute atomic E-state index is 0.0292. The lowest BCUT2D eigenvalue weighted by atomic mass is 9.86. The predicted molar refractivity (Wildman–Crippen MR) is 92.8 cm³/mol. The Kier molecular flexibility index (Phi) is 5.35. The number of hydrogen-bond donors (Lipinski definition) is 1. The number of nitrogens with zero attached hydrogens (tertiary/aromatic N) is 2. The van der Waals surface area contributed by atoms with Crippen molar-refractivity contribution in [3.8, 4) is 0 Å². The van der Waals surface area contributed by atoms with Crippen LogP contribution in [0.3, 0.4) is 0 Å². The Morgan fingerprint density at radius 1 is 1.08 bits per heavy atom. The highest BCUT2D eigenvalue weighted by atomic mass is 16.4. The highest BCUT2D eigenvalue weighted by Crippen LogP contribution is 2.33. The summed E-state index contributed by atoms with van der Waals surface area (Å²) in [4.78, 5) is 40.5. The van der Waals surface area contributed by atoms with Gasteiger partial charge in [-0.05, 0) is 51.4 Å². The molecule has 2 heterocycles. The van der Waals surface area contributed by atoms with Crippen molar-refractivity contribution in [3.05, 3.63) is 0 Å². The number of carboxylic acids is 1. The first-order valence-electron chi connectivity index (χ1n) is 9.71. The van der Waals surface area contributed by atoms with Crippen molar-refractivity contribution in [1.29, 1.82) is 0 Å². The smallest absolute Gasteiger partial charge is 0.308 e. The second kappa shape index (κ2) is 7.34. The van der Waals surface area contributed by atoms with Gasteiger partial charge in [-0.25, -0.2) is 0 Å². The molecule has 0 bridgehead atoms. The van der Waals surface area contributed by atoms with E-state index in [0.29, 0.717) is 19.5 Å². The van der Waals surface area contributed by atoms with E-state index in [2.05, 4.69) is 6.92 Å². The first-order valence-corrected chi connectivity index (χ1v) is 9.71. The Bertz CT molecular complexity index is 542. The van der Waals surface area contributed by atoms with Gasteiger partial charge in [0.2, 0.25) is 11.8 Å².